The Balaban J connectivity index is 2.14. The molecule has 0 radical (unpaired) electrons. The molecular weight excluding hydrogens is 178 g/mol. The van der Waals surface area contributed by atoms with Crippen LogP contribution in [0.25, 0.3) is 0 Å². The van der Waals surface area contributed by atoms with E-state index in [0.29, 0.717) is 12.1 Å². The van der Waals surface area contributed by atoms with Gasteiger partial charge in [0.2, 0.25) is 0 Å². The summed E-state index contributed by atoms with van der Waals surface area (Å²) < 4.78 is 3.70. The van der Waals surface area contributed by atoms with Crippen molar-refractivity contribution in [2.45, 2.75) is 6.54 Å². The van der Waals surface area contributed by atoms with Crippen molar-refractivity contribution in [3.8, 4) is 0 Å². The molecule has 0 bridgehead atoms. The van der Waals surface area contributed by atoms with Crippen molar-refractivity contribution < 1.29 is 4.79 Å². The van der Waals surface area contributed by atoms with Gasteiger partial charge in [0.1, 0.15) is 0 Å². The first-order valence-corrected chi connectivity index (χ1v) is 4.37. The van der Waals surface area contributed by atoms with Crippen molar-refractivity contribution >= 4 is 6.29 Å². The van der Waals surface area contributed by atoms with Gasteiger partial charge in [0.05, 0.1) is 12.2 Å². The molecule has 2 heterocycles. The number of aldehydes is 1. The minimum Gasteiger partial charge on any atom is -0.348 e. The SMILES string of the molecule is Cn1ccc(Cn2ccc(C=O)c2)n1. The third kappa shape index (κ3) is 1.74. The zero-order chi connectivity index (χ0) is 9.97. The van der Waals surface area contributed by atoms with Crippen molar-refractivity contribution in [3.63, 3.8) is 0 Å². The Bertz CT molecular complexity index is 442. The Labute approximate surface area is 81.8 Å². The van der Waals surface area contributed by atoms with Gasteiger partial charge in [-0.25, -0.2) is 0 Å². The van der Waals surface area contributed by atoms with Gasteiger partial charge in [-0.3, -0.25) is 9.48 Å². The third-order valence-corrected chi connectivity index (χ3v) is 2.02. The number of rotatable bonds is 3. The van der Waals surface area contributed by atoms with E-state index in [0.717, 1.165) is 12.0 Å². The van der Waals surface area contributed by atoms with E-state index >= 15 is 0 Å². The first-order valence-electron chi connectivity index (χ1n) is 4.37. The van der Waals surface area contributed by atoms with Crippen molar-refractivity contribution in [1.82, 2.24) is 14.3 Å². The summed E-state index contributed by atoms with van der Waals surface area (Å²) in [5.41, 5.74) is 1.68. The number of nitrogens with zero attached hydrogens (tertiary/aromatic N) is 3. The van der Waals surface area contributed by atoms with Crippen LogP contribution in [0.4, 0.5) is 0 Å². The van der Waals surface area contributed by atoms with E-state index in [9.17, 15) is 4.79 Å². The highest BCUT2D eigenvalue weighted by molar-refractivity contribution is 5.74. The zero-order valence-electron chi connectivity index (χ0n) is 7.92. The summed E-state index contributed by atoms with van der Waals surface area (Å²) in [4.78, 5) is 10.4. The molecule has 4 heteroatoms. The maximum atomic E-state index is 10.4. The Morgan fingerprint density at radius 2 is 2.29 bits per heavy atom. The molecule has 2 rings (SSSR count). The van der Waals surface area contributed by atoms with Crippen LogP contribution in [0, 0.1) is 0 Å². The highest BCUT2D eigenvalue weighted by Gasteiger charge is 1.99. The van der Waals surface area contributed by atoms with E-state index in [4.69, 9.17) is 0 Å². The molecule has 0 unspecified atom stereocenters. The number of hydrogen-bond donors (Lipinski definition) is 0. The Morgan fingerprint density at radius 1 is 1.43 bits per heavy atom. The molecule has 14 heavy (non-hydrogen) atoms. The van der Waals surface area contributed by atoms with Gasteiger partial charge < -0.3 is 4.57 Å². The highest BCUT2D eigenvalue weighted by Crippen LogP contribution is 2.02. The molecule has 0 spiro atoms. The maximum Gasteiger partial charge on any atom is 0.151 e. The average molecular weight is 189 g/mol. The number of aromatic nitrogens is 3. The van der Waals surface area contributed by atoms with Gasteiger partial charge in [-0.15, -0.1) is 0 Å². The molecular formula is C10H11N3O. The number of carbonyl (C=O) groups is 1. The van der Waals surface area contributed by atoms with Gasteiger partial charge in [0.15, 0.2) is 6.29 Å². The summed E-state index contributed by atoms with van der Waals surface area (Å²) in [7, 11) is 1.88. The lowest BCUT2D eigenvalue weighted by atomic mass is 10.4. The second-order valence-electron chi connectivity index (χ2n) is 3.22. The molecule has 0 aliphatic heterocycles. The largest absolute Gasteiger partial charge is 0.348 e. The Morgan fingerprint density at radius 3 is 2.86 bits per heavy atom. The monoisotopic (exact) mass is 189 g/mol. The van der Waals surface area contributed by atoms with Crippen LogP contribution in [-0.4, -0.2) is 20.6 Å². The molecule has 4 nitrogen and oxygen atoms in total. The van der Waals surface area contributed by atoms with E-state index in [2.05, 4.69) is 5.10 Å². The molecule has 0 aromatic carbocycles. The lowest BCUT2D eigenvalue weighted by Crippen LogP contribution is -1.98. The minimum atomic E-state index is 0.695. The van der Waals surface area contributed by atoms with Crippen LogP contribution in [-0.2, 0) is 13.6 Å². The molecule has 0 atom stereocenters. The fraction of sp³-hybridized carbons (Fsp3) is 0.200. The standard InChI is InChI=1S/C10H11N3O/c1-12-4-3-10(11-12)7-13-5-2-9(6-13)8-14/h2-6,8H,7H2,1H3. The summed E-state index contributed by atoms with van der Waals surface area (Å²) in [6, 6.07) is 3.75. The highest BCUT2D eigenvalue weighted by atomic mass is 16.1. The lowest BCUT2D eigenvalue weighted by molar-refractivity contribution is 0.112. The van der Waals surface area contributed by atoms with Gasteiger partial charge in [-0.2, -0.15) is 5.10 Å². The summed E-state index contributed by atoms with van der Waals surface area (Å²) in [5.74, 6) is 0. The van der Waals surface area contributed by atoms with Crippen molar-refractivity contribution in [3.05, 3.63) is 42.0 Å². The fourth-order valence-electron chi connectivity index (χ4n) is 1.36. The molecule has 2 aromatic heterocycles. The van der Waals surface area contributed by atoms with Crippen molar-refractivity contribution in [1.29, 1.82) is 0 Å². The molecule has 0 amide bonds. The van der Waals surface area contributed by atoms with Crippen LogP contribution in [0.2, 0.25) is 0 Å². The van der Waals surface area contributed by atoms with Gasteiger partial charge >= 0.3 is 0 Å². The summed E-state index contributed by atoms with van der Waals surface area (Å²) in [6.45, 7) is 0.703. The van der Waals surface area contributed by atoms with Gasteiger partial charge in [0, 0.05) is 31.2 Å². The number of aryl methyl sites for hydroxylation is 1. The van der Waals surface area contributed by atoms with E-state index in [1.807, 2.05) is 36.3 Å². The van der Waals surface area contributed by atoms with Crippen LogP contribution < -0.4 is 0 Å². The summed E-state index contributed by atoms with van der Waals surface area (Å²) in [6.07, 6.45) is 6.43. The number of carbonyl (C=O) groups excluding carboxylic acids is 1. The van der Waals surface area contributed by atoms with Crippen molar-refractivity contribution in [2.24, 2.45) is 7.05 Å². The molecule has 0 fully saturated rings. The topological polar surface area (TPSA) is 39.8 Å². The Kier molecular flexibility index (Phi) is 2.18. The van der Waals surface area contributed by atoms with E-state index in [1.165, 1.54) is 0 Å². The van der Waals surface area contributed by atoms with Gasteiger partial charge in [0.25, 0.3) is 0 Å². The zero-order valence-corrected chi connectivity index (χ0v) is 7.92. The number of hydrogen-bond acceptors (Lipinski definition) is 2. The van der Waals surface area contributed by atoms with Crippen LogP contribution in [0.3, 0.4) is 0 Å². The summed E-state index contributed by atoms with van der Waals surface area (Å²) in [5, 5.41) is 4.25. The quantitative estimate of drug-likeness (QED) is 0.678. The van der Waals surface area contributed by atoms with Gasteiger partial charge in [-0.1, -0.05) is 0 Å². The van der Waals surface area contributed by atoms with Crippen LogP contribution in [0.1, 0.15) is 16.1 Å². The fourth-order valence-corrected chi connectivity index (χ4v) is 1.36. The van der Waals surface area contributed by atoms with Crippen LogP contribution in [0.15, 0.2) is 30.7 Å². The first kappa shape index (κ1) is 8.74. The Hall–Kier alpha value is -1.84. The molecule has 0 N–H and O–H groups in total. The first-order chi connectivity index (χ1) is 6.78. The van der Waals surface area contributed by atoms with E-state index in [1.54, 1.807) is 10.7 Å². The average Bonchev–Trinajstić information content (AvgIpc) is 2.76. The second-order valence-corrected chi connectivity index (χ2v) is 3.22. The molecule has 2 aromatic rings. The van der Waals surface area contributed by atoms with E-state index in [-0.39, 0.29) is 0 Å². The predicted molar refractivity (Wildman–Crippen MR) is 52.1 cm³/mol. The van der Waals surface area contributed by atoms with E-state index < -0.39 is 0 Å². The summed E-state index contributed by atoms with van der Waals surface area (Å²) >= 11 is 0. The van der Waals surface area contributed by atoms with Crippen molar-refractivity contribution in [2.75, 3.05) is 0 Å². The molecule has 0 saturated carbocycles. The smallest absolute Gasteiger partial charge is 0.151 e. The van der Waals surface area contributed by atoms with Gasteiger partial charge in [-0.05, 0) is 12.1 Å². The van der Waals surface area contributed by atoms with Crippen LogP contribution >= 0.6 is 0 Å². The normalized spacial score (nSPS) is 10.4. The predicted octanol–water partition coefficient (Wildman–Crippen LogP) is 1.08. The second kappa shape index (κ2) is 3.49. The van der Waals surface area contributed by atoms with Crippen LogP contribution in [0.5, 0.6) is 0 Å². The lowest BCUT2D eigenvalue weighted by Gasteiger charge is -1.97. The minimum absolute atomic E-state index is 0.695. The molecule has 0 saturated heterocycles. The molecule has 0 aliphatic carbocycles. The molecule has 72 valence electrons. The molecule has 0 aliphatic rings. The maximum absolute atomic E-state index is 10.4. The third-order valence-electron chi connectivity index (χ3n) is 2.02.